The molecule has 0 spiro atoms. The van der Waals surface area contributed by atoms with Gasteiger partial charge in [0.15, 0.2) is 0 Å². The third kappa shape index (κ3) is 4.76. The van der Waals surface area contributed by atoms with Gasteiger partial charge in [-0.1, -0.05) is 36.4 Å². The van der Waals surface area contributed by atoms with Gasteiger partial charge in [-0.3, -0.25) is 4.90 Å². The Morgan fingerprint density at radius 1 is 0.879 bits per heavy atom. The first-order valence-electron chi connectivity index (χ1n) is 11.4. The van der Waals surface area contributed by atoms with Crippen molar-refractivity contribution in [3.05, 3.63) is 90.3 Å². The lowest BCUT2D eigenvalue weighted by Crippen LogP contribution is -2.46. The molecule has 1 fully saturated rings. The summed E-state index contributed by atoms with van der Waals surface area (Å²) in [6.45, 7) is 6.82. The first kappa shape index (κ1) is 21.2. The highest BCUT2D eigenvalue weighted by Gasteiger charge is 2.21. The fraction of sp³-hybridized carbons (Fsp3) is 0.259. The van der Waals surface area contributed by atoms with Crippen LogP contribution in [0.3, 0.4) is 0 Å². The van der Waals surface area contributed by atoms with E-state index >= 15 is 0 Å². The summed E-state index contributed by atoms with van der Waals surface area (Å²) in [5.74, 6) is 1.91. The highest BCUT2D eigenvalue weighted by Crippen LogP contribution is 2.28. The minimum atomic E-state index is 0.840. The quantitative estimate of drug-likeness (QED) is 0.440. The molecule has 4 aromatic rings. The van der Waals surface area contributed by atoms with E-state index in [9.17, 15) is 0 Å². The first-order valence-corrected chi connectivity index (χ1v) is 11.4. The minimum Gasteiger partial charge on any atom is -0.497 e. The van der Waals surface area contributed by atoms with Crippen molar-refractivity contribution in [3.8, 4) is 22.7 Å². The maximum Gasteiger partial charge on any atom is 0.128 e. The summed E-state index contributed by atoms with van der Waals surface area (Å²) < 4.78 is 7.45. The summed E-state index contributed by atoms with van der Waals surface area (Å²) in [5, 5.41) is 4.98. The van der Waals surface area contributed by atoms with E-state index in [0.29, 0.717) is 0 Å². The van der Waals surface area contributed by atoms with E-state index in [1.165, 1.54) is 5.56 Å². The van der Waals surface area contributed by atoms with Crippen molar-refractivity contribution in [2.75, 3.05) is 38.2 Å². The SMILES string of the molecule is COc1cccc(-c2nn(-c3ccccc3)cc2CN2CCN(c3cccc(C)n3)CC2)c1. The third-order valence-corrected chi connectivity index (χ3v) is 6.12. The molecule has 0 N–H and O–H groups in total. The molecule has 0 saturated carbocycles. The van der Waals surface area contributed by atoms with Gasteiger partial charge in [-0.05, 0) is 43.3 Å². The average Bonchev–Trinajstić information content (AvgIpc) is 3.29. The Kier molecular flexibility index (Phi) is 6.09. The molecule has 0 amide bonds. The summed E-state index contributed by atoms with van der Waals surface area (Å²) >= 11 is 0. The third-order valence-electron chi connectivity index (χ3n) is 6.12. The summed E-state index contributed by atoms with van der Waals surface area (Å²) in [7, 11) is 1.70. The van der Waals surface area contributed by atoms with Crippen molar-refractivity contribution < 1.29 is 4.74 Å². The van der Waals surface area contributed by atoms with Gasteiger partial charge in [0.05, 0.1) is 18.5 Å². The number of aromatic nitrogens is 3. The topological polar surface area (TPSA) is 46.4 Å². The monoisotopic (exact) mass is 439 g/mol. The van der Waals surface area contributed by atoms with Crippen LogP contribution in [0.25, 0.3) is 16.9 Å². The zero-order chi connectivity index (χ0) is 22.6. The summed E-state index contributed by atoms with van der Waals surface area (Å²) in [5.41, 5.74) is 5.41. The zero-order valence-electron chi connectivity index (χ0n) is 19.2. The van der Waals surface area contributed by atoms with Gasteiger partial charge < -0.3 is 9.64 Å². The van der Waals surface area contributed by atoms with E-state index in [4.69, 9.17) is 14.8 Å². The number of rotatable bonds is 6. The summed E-state index contributed by atoms with van der Waals surface area (Å²) in [6.07, 6.45) is 2.17. The molecule has 0 aliphatic carbocycles. The maximum absolute atomic E-state index is 5.46. The Bertz CT molecular complexity index is 1210. The van der Waals surface area contributed by atoms with Crippen LogP contribution in [0.2, 0.25) is 0 Å². The Labute approximate surface area is 195 Å². The van der Waals surface area contributed by atoms with Crippen molar-refractivity contribution in [3.63, 3.8) is 0 Å². The highest BCUT2D eigenvalue weighted by molar-refractivity contribution is 5.65. The summed E-state index contributed by atoms with van der Waals surface area (Å²) in [6, 6.07) is 24.7. The predicted octanol–water partition coefficient (Wildman–Crippen LogP) is 4.57. The second-order valence-corrected chi connectivity index (χ2v) is 8.42. The molecular weight excluding hydrogens is 410 g/mol. The second-order valence-electron chi connectivity index (χ2n) is 8.42. The molecule has 1 aliphatic heterocycles. The number of nitrogens with zero attached hydrogens (tertiary/aromatic N) is 5. The fourth-order valence-corrected chi connectivity index (χ4v) is 4.33. The molecular formula is C27H29N5O. The summed E-state index contributed by atoms with van der Waals surface area (Å²) in [4.78, 5) is 9.57. The normalized spacial score (nSPS) is 14.4. The maximum atomic E-state index is 5.46. The minimum absolute atomic E-state index is 0.840. The Morgan fingerprint density at radius 3 is 2.42 bits per heavy atom. The average molecular weight is 440 g/mol. The van der Waals surface area contributed by atoms with Crippen molar-refractivity contribution >= 4 is 5.82 Å². The fourth-order valence-electron chi connectivity index (χ4n) is 4.33. The number of piperazine rings is 1. The molecule has 0 unspecified atom stereocenters. The molecule has 3 heterocycles. The molecule has 2 aromatic heterocycles. The first-order chi connectivity index (χ1) is 16.2. The van der Waals surface area contributed by atoms with E-state index in [1.807, 2.05) is 48.0 Å². The number of anilines is 1. The predicted molar refractivity (Wildman–Crippen MR) is 132 cm³/mol. The van der Waals surface area contributed by atoms with E-state index in [1.54, 1.807) is 7.11 Å². The molecule has 2 aromatic carbocycles. The van der Waals surface area contributed by atoms with E-state index in [-0.39, 0.29) is 0 Å². The molecule has 0 atom stereocenters. The number of para-hydroxylation sites is 1. The van der Waals surface area contributed by atoms with E-state index in [0.717, 1.165) is 66.9 Å². The van der Waals surface area contributed by atoms with E-state index < -0.39 is 0 Å². The van der Waals surface area contributed by atoms with Crippen LogP contribution in [0.1, 0.15) is 11.3 Å². The van der Waals surface area contributed by atoms with Crippen molar-refractivity contribution in [2.45, 2.75) is 13.5 Å². The van der Waals surface area contributed by atoms with Gasteiger partial charge in [0.1, 0.15) is 11.6 Å². The standard InChI is InChI=1S/C27H29N5O/c1-21-8-6-13-26(28-21)31-16-14-30(15-17-31)19-23-20-32(24-10-4-3-5-11-24)29-27(23)22-9-7-12-25(18-22)33-2/h3-13,18,20H,14-17,19H2,1-2H3. The zero-order valence-corrected chi connectivity index (χ0v) is 19.2. The van der Waals surface area contributed by atoms with Gasteiger partial charge in [0.25, 0.3) is 0 Å². The van der Waals surface area contributed by atoms with Crippen LogP contribution in [0.4, 0.5) is 5.82 Å². The number of methoxy groups -OCH3 is 1. The van der Waals surface area contributed by atoms with Crippen LogP contribution >= 0.6 is 0 Å². The van der Waals surface area contributed by atoms with E-state index in [2.05, 4.69) is 52.4 Å². The van der Waals surface area contributed by atoms with Gasteiger partial charge >= 0.3 is 0 Å². The van der Waals surface area contributed by atoms with Crippen LogP contribution in [0, 0.1) is 6.92 Å². The lowest BCUT2D eigenvalue weighted by Gasteiger charge is -2.35. The molecule has 0 bridgehead atoms. The molecule has 1 saturated heterocycles. The molecule has 6 nitrogen and oxygen atoms in total. The molecule has 168 valence electrons. The largest absolute Gasteiger partial charge is 0.497 e. The van der Waals surface area contributed by atoms with Crippen LogP contribution in [-0.2, 0) is 6.54 Å². The highest BCUT2D eigenvalue weighted by atomic mass is 16.5. The van der Waals surface area contributed by atoms with Gasteiger partial charge in [0, 0.05) is 55.7 Å². The molecule has 1 aliphatic rings. The van der Waals surface area contributed by atoms with Crippen LogP contribution in [0.5, 0.6) is 5.75 Å². The number of aryl methyl sites for hydroxylation is 1. The number of pyridine rings is 1. The number of hydrogen-bond acceptors (Lipinski definition) is 5. The second kappa shape index (κ2) is 9.46. The van der Waals surface area contributed by atoms with Crippen molar-refractivity contribution in [1.82, 2.24) is 19.7 Å². The van der Waals surface area contributed by atoms with Crippen molar-refractivity contribution in [2.24, 2.45) is 0 Å². The van der Waals surface area contributed by atoms with Gasteiger partial charge in [-0.15, -0.1) is 0 Å². The van der Waals surface area contributed by atoms with Crippen molar-refractivity contribution in [1.29, 1.82) is 0 Å². The molecule has 6 heteroatoms. The van der Waals surface area contributed by atoms with Gasteiger partial charge in [-0.2, -0.15) is 5.10 Å². The van der Waals surface area contributed by atoms with Gasteiger partial charge in [-0.25, -0.2) is 9.67 Å². The number of ether oxygens (including phenoxy) is 1. The molecule has 5 rings (SSSR count). The Balaban J connectivity index is 1.38. The Morgan fingerprint density at radius 2 is 1.67 bits per heavy atom. The number of benzene rings is 2. The van der Waals surface area contributed by atoms with Crippen LogP contribution < -0.4 is 9.64 Å². The Hall–Kier alpha value is -3.64. The van der Waals surface area contributed by atoms with Gasteiger partial charge in [0.2, 0.25) is 0 Å². The molecule has 0 radical (unpaired) electrons. The van der Waals surface area contributed by atoms with Crippen LogP contribution in [-0.4, -0.2) is 53.0 Å². The smallest absolute Gasteiger partial charge is 0.128 e. The number of hydrogen-bond donors (Lipinski definition) is 0. The molecule has 33 heavy (non-hydrogen) atoms. The van der Waals surface area contributed by atoms with Crippen LogP contribution in [0.15, 0.2) is 79.0 Å². The lowest BCUT2D eigenvalue weighted by atomic mass is 10.1. The lowest BCUT2D eigenvalue weighted by molar-refractivity contribution is 0.249.